The van der Waals surface area contributed by atoms with E-state index in [1.807, 2.05) is 13.0 Å². The fraction of sp³-hybridized carbons (Fsp3) is 0.571. The standard InChI is InChI=1S/C14H24N6O3S2/c1-8(2)7-19(15)11-6-10(18-25-11)23-5-4-9(3)20(16)13-12(21)17-14(22)24-13/h6,8-9,21H,4-5,7,15-16H2,1-3H3,(H,17,22). The number of aromatic nitrogens is 2. The fourth-order valence-electron chi connectivity index (χ4n) is 2.10. The zero-order valence-electron chi connectivity index (χ0n) is 14.4. The van der Waals surface area contributed by atoms with Crippen LogP contribution in [0.1, 0.15) is 27.2 Å². The molecule has 0 spiro atoms. The zero-order chi connectivity index (χ0) is 18.6. The molecule has 25 heavy (non-hydrogen) atoms. The summed E-state index contributed by atoms with van der Waals surface area (Å²) in [6, 6.07) is 1.67. The Morgan fingerprint density at radius 3 is 2.72 bits per heavy atom. The summed E-state index contributed by atoms with van der Waals surface area (Å²) in [4.78, 5) is 13.2. The fourth-order valence-corrected chi connectivity index (χ4v) is 3.48. The molecule has 2 aromatic rings. The highest BCUT2D eigenvalue weighted by Gasteiger charge is 2.18. The highest BCUT2D eigenvalue weighted by atomic mass is 32.1. The Hall–Kier alpha value is -1.82. The number of aromatic hydroxyl groups is 1. The van der Waals surface area contributed by atoms with E-state index in [0.29, 0.717) is 29.8 Å². The quantitative estimate of drug-likeness (QED) is 0.375. The van der Waals surface area contributed by atoms with Gasteiger partial charge in [0.15, 0.2) is 5.00 Å². The number of aromatic amines is 1. The molecule has 0 aromatic carbocycles. The third kappa shape index (κ3) is 5.33. The summed E-state index contributed by atoms with van der Waals surface area (Å²) in [6.07, 6.45) is 0.590. The summed E-state index contributed by atoms with van der Waals surface area (Å²) in [5, 5.41) is 13.8. The zero-order valence-corrected chi connectivity index (χ0v) is 16.1. The Kier molecular flexibility index (Phi) is 6.64. The van der Waals surface area contributed by atoms with Crippen molar-refractivity contribution in [3.05, 3.63) is 15.7 Å². The lowest BCUT2D eigenvalue weighted by molar-refractivity contribution is 0.290. The number of rotatable bonds is 9. The Bertz CT molecular complexity index is 728. The van der Waals surface area contributed by atoms with E-state index < -0.39 is 0 Å². The van der Waals surface area contributed by atoms with E-state index in [4.69, 9.17) is 16.4 Å². The molecule has 0 aliphatic heterocycles. The minimum Gasteiger partial charge on any atom is -0.492 e. The van der Waals surface area contributed by atoms with Gasteiger partial charge in [0.1, 0.15) is 5.00 Å². The molecule has 11 heteroatoms. The normalized spacial score (nSPS) is 12.4. The number of anilines is 2. The average Bonchev–Trinajstić information content (AvgIpc) is 3.12. The van der Waals surface area contributed by atoms with Gasteiger partial charge in [0.05, 0.1) is 6.61 Å². The van der Waals surface area contributed by atoms with Crippen molar-refractivity contribution in [2.45, 2.75) is 33.2 Å². The largest absolute Gasteiger partial charge is 0.492 e. The van der Waals surface area contributed by atoms with E-state index >= 15 is 0 Å². The highest BCUT2D eigenvalue weighted by molar-refractivity contribution is 7.13. The predicted molar refractivity (Wildman–Crippen MR) is 101 cm³/mol. The summed E-state index contributed by atoms with van der Waals surface area (Å²) >= 11 is 2.15. The van der Waals surface area contributed by atoms with Crippen molar-refractivity contribution in [1.82, 2.24) is 9.36 Å². The summed E-state index contributed by atoms with van der Waals surface area (Å²) in [5.41, 5.74) is 0. The van der Waals surface area contributed by atoms with Crippen LogP contribution in [0.25, 0.3) is 0 Å². The first-order valence-electron chi connectivity index (χ1n) is 7.85. The van der Waals surface area contributed by atoms with Gasteiger partial charge in [-0.1, -0.05) is 25.2 Å². The van der Waals surface area contributed by atoms with Gasteiger partial charge in [-0.05, 0) is 24.4 Å². The number of hydrogen-bond acceptors (Lipinski definition) is 10. The maximum absolute atomic E-state index is 11.2. The van der Waals surface area contributed by atoms with Crippen LogP contribution in [0.2, 0.25) is 0 Å². The van der Waals surface area contributed by atoms with Gasteiger partial charge in [-0.3, -0.25) is 14.8 Å². The molecule has 0 bridgehead atoms. The molecule has 0 aliphatic rings. The number of nitrogens with zero attached hydrogens (tertiary/aromatic N) is 3. The first kappa shape index (κ1) is 19.5. The molecule has 0 radical (unpaired) electrons. The maximum atomic E-state index is 11.2. The lowest BCUT2D eigenvalue weighted by atomic mass is 10.2. The van der Waals surface area contributed by atoms with Crippen molar-refractivity contribution >= 4 is 32.9 Å². The Balaban J connectivity index is 1.83. The Morgan fingerprint density at radius 2 is 2.12 bits per heavy atom. The molecule has 1 atom stereocenters. The van der Waals surface area contributed by atoms with Crippen LogP contribution >= 0.6 is 22.9 Å². The van der Waals surface area contributed by atoms with Crippen LogP contribution in [-0.2, 0) is 0 Å². The number of hydrazine groups is 2. The van der Waals surface area contributed by atoms with Crippen LogP contribution < -0.4 is 31.3 Å². The minimum absolute atomic E-state index is 0.137. The summed E-state index contributed by atoms with van der Waals surface area (Å²) in [5.74, 6) is 12.7. The average molecular weight is 389 g/mol. The van der Waals surface area contributed by atoms with Gasteiger partial charge in [-0.25, -0.2) is 11.7 Å². The number of nitrogens with one attached hydrogen (secondary N) is 1. The van der Waals surface area contributed by atoms with Crippen LogP contribution in [0.4, 0.5) is 10.0 Å². The number of hydrogen-bond donors (Lipinski definition) is 4. The minimum atomic E-state index is -0.353. The van der Waals surface area contributed by atoms with Gasteiger partial charge in [0.2, 0.25) is 11.8 Å². The van der Waals surface area contributed by atoms with Crippen molar-refractivity contribution in [3.63, 3.8) is 0 Å². The summed E-state index contributed by atoms with van der Waals surface area (Å²) in [6.45, 7) is 7.20. The molecule has 0 fully saturated rings. The molecule has 2 heterocycles. The highest BCUT2D eigenvalue weighted by Crippen LogP contribution is 2.28. The van der Waals surface area contributed by atoms with Crippen molar-refractivity contribution in [3.8, 4) is 11.8 Å². The molecule has 6 N–H and O–H groups in total. The van der Waals surface area contributed by atoms with Crippen molar-refractivity contribution in [2.75, 3.05) is 23.2 Å². The van der Waals surface area contributed by atoms with Gasteiger partial charge < -0.3 is 14.9 Å². The second kappa shape index (κ2) is 8.52. The van der Waals surface area contributed by atoms with Crippen molar-refractivity contribution < 1.29 is 9.84 Å². The van der Waals surface area contributed by atoms with Crippen LogP contribution in [0, 0.1) is 5.92 Å². The molecule has 0 saturated heterocycles. The van der Waals surface area contributed by atoms with E-state index in [1.54, 1.807) is 5.01 Å². The number of thiazole rings is 1. The second-order valence-corrected chi connectivity index (χ2v) is 7.86. The van der Waals surface area contributed by atoms with Crippen LogP contribution in [0.15, 0.2) is 10.9 Å². The third-order valence-electron chi connectivity index (χ3n) is 3.43. The topological polar surface area (TPSA) is 134 Å². The molecular formula is C14H24N6O3S2. The van der Waals surface area contributed by atoms with Crippen molar-refractivity contribution in [2.24, 2.45) is 17.6 Å². The molecule has 2 aromatic heterocycles. The monoisotopic (exact) mass is 388 g/mol. The van der Waals surface area contributed by atoms with Crippen LogP contribution in [0.3, 0.4) is 0 Å². The Morgan fingerprint density at radius 1 is 1.40 bits per heavy atom. The van der Waals surface area contributed by atoms with E-state index in [0.717, 1.165) is 22.9 Å². The van der Waals surface area contributed by atoms with Crippen molar-refractivity contribution in [1.29, 1.82) is 0 Å². The van der Waals surface area contributed by atoms with E-state index in [1.165, 1.54) is 16.5 Å². The molecule has 140 valence electrons. The van der Waals surface area contributed by atoms with E-state index in [9.17, 15) is 9.90 Å². The summed E-state index contributed by atoms with van der Waals surface area (Å²) in [7, 11) is 0. The predicted octanol–water partition coefficient (Wildman–Crippen LogP) is 1.47. The van der Waals surface area contributed by atoms with Crippen LogP contribution in [-0.4, -0.2) is 33.7 Å². The first-order valence-corrected chi connectivity index (χ1v) is 9.44. The lowest BCUT2D eigenvalue weighted by Crippen LogP contribution is -2.39. The maximum Gasteiger partial charge on any atom is 0.309 e. The third-order valence-corrected chi connectivity index (χ3v) is 5.12. The van der Waals surface area contributed by atoms with Gasteiger partial charge in [-0.15, -0.1) is 0 Å². The van der Waals surface area contributed by atoms with E-state index in [2.05, 4.69) is 23.2 Å². The first-order chi connectivity index (χ1) is 11.8. The number of nitrogens with two attached hydrogens (primary N) is 2. The van der Waals surface area contributed by atoms with Gasteiger partial charge >= 0.3 is 4.87 Å². The molecule has 0 saturated carbocycles. The van der Waals surface area contributed by atoms with Gasteiger partial charge in [0.25, 0.3) is 0 Å². The molecule has 2 rings (SSSR count). The molecule has 0 aliphatic carbocycles. The summed E-state index contributed by atoms with van der Waals surface area (Å²) < 4.78 is 9.87. The Labute approximate surface area is 153 Å². The number of H-pyrrole nitrogens is 1. The molecule has 9 nitrogen and oxygen atoms in total. The number of ether oxygens (including phenoxy) is 1. The lowest BCUT2D eigenvalue weighted by Gasteiger charge is -2.24. The van der Waals surface area contributed by atoms with Gasteiger partial charge in [0, 0.05) is 25.1 Å². The smallest absolute Gasteiger partial charge is 0.309 e. The molecule has 0 amide bonds. The molecule has 1 unspecified atom stereocenters. The van der Waals surface area contributed by atoms with Crippen LogP contribution in [0.5, 0.6) is 11.8 Å². The van der Waals surface area contributed by atoms with E-state index in [-0.39, 0.29) is 16.8 Å². The second-order valence-electron chi connectivity index (χ2n) is 6.11. The van der Waals surface area contributed by atoms with Gasteiger partial charge in [-0.2, -0.15) is 4.37 Å². The molecular weight excluding hydrogens is 364 g/mol. The SMILES string of the molecule is CC(C)CN(N)c1cc(OCCC(C)N(N)c2sc(=O)[nH]c2O)ns1.